The number of amides is 3. The number of aryl methyl sites for hydroxylation is 1. The molecule has 3 aromatic heterocycles. The quantitative estimate of drug-likeness (QED) is 0.0603. The van der Waals surface area contributed by atoms with Gasteiger partial charge in [0.05, 0.1) is 33.4 Å². The number of benzene rings is 4. The number of hydrogen-bond donors (Lipinski definition) is 2. The molecule has 79 heavy (non-hydrogen) atoms. The molecular formula is C63H73N9O6S. The second-order valence-electron chi connectivity index (χ2n) is 23.4. The number of rotatable bonds is 14. The van der Waals surface area contributed by atoms with Crippen molar-refractivity contribution in [3.63, 3.8) is 0 Å². The van der Waals surface area contributed by atoms with Crippen molar-refractivity contribution >= 4 is 72.8 Å². The number of piperazine rings is 1. The van der Waals surface area contributed by atoms with Crippen LogP contribution in [0, 0.1) is 12.8 Å². The second-order valence-corrected chi connectivity index (χ2v) is 24.4. The number of nitrogens with zero attached hydrogens (tertiary/aromatic N) is 7. The van der Waals surface area contributed by atoms with Crippen LogP contribution in [0.1, 0.15) is 142 Å². The number of thiazole rings is 1. The third-order valence-corrected chi connectivity index (χ3v) is 17.6. The molecule has 0 radical (unpaired) electrons. The van der Waals surface area contributed by atoms with Crippen LogP contribution in [0.4, 0.5) is 16.6 Å². The zero-order chi connectivity index (χ0) is 55.1. The first-order valence-electron chi connectivity index (χ1n) is 28.4. The molecule has 3 atom stereocenters. The van der Waals surface area contributed by atoms with Crippen molar-refractivity contribution in [1.29, 1.82) is 0 Å². The highest BCUT2D eigenvalue weighted by Gasteiger charge is 2.34. The Hall–Kier alpha value is -7.17. The van der Waals surface area contributed by atoms with E-state index in [4.69, 9.17) is 19.6 Å². The van der Waals surface area contributed by atoms with Gasteiger partial charge in [0, 0.05) is 73.9 Å². The molecule has 1 unspecified atom stereocenters. The number of para-hydroxylation sites is 1. The molecule has 11 rings (SSSR count). The van der Waals surface area contributed by atoms with Crippen LogP contribution in [0.5, 0.6) is 5.75 Å². The number of carbonyl (C=O) groups is 4. The number of aromatic nitrogens is 4. The van der Waals surface area contributed by atoms with E-state index in [0.29, 0.717) is 66.0 Å². The molecule has 15 nitrogen and oxygen atoms in total. The van der Waals surface area contributed by atoms with Crippen LogP contribution >= 0.6 is 11.3 Å². The highest BCUT2D eigenvalue weighted by molar-refractivity contribution is 7.22. The summed E-state index contributed by atoms with van der Waals surface area (Å²) in [5.74, 6) is 0.578. The standard InChI is InChI=1S/C63H73N9O6S/c1-38-35-71(43-23-26-48-52(34-43)69(7)68-57(48)49-28-30-56(73)66-60(49)75)36-39(2)72(38)32-11-10-14-41-21-24-44(25-22-41)77-53-19-13-16-45(40(53)3)46-27-29-55(65-58(46)61(76)78-63(4,5)6)70-33-31-42-15-12-17-47(50(42)37-70)59(74)67-62-64-51-18-8-9-20-54(51)79-62/h8-9,12-13,15-20,23,26-27,29,34,38-39,41,44,49H,10-11,14,21-22,24-25,28,30-33,35-37H2,1-7H3,(H,64,67,74)(H,66,73,75)/t38-,39+,41-,44-,49?. The molecule has 6 heterocycles. The molecule has 3 amide bonds. The zero-order valence-corrected chi connectivity index (χ0v) is 47.5. The predicted octanol–water partition coefficient (Wildman–Crippen LogP) is 11.6. The van der Waals surface area contributed by atoms with Crippen LogP contribution in [0.25, 0.3) is 32.2 Å². The van der Waals surface area contributed by atoms with E-state index < -0.39 is 17.5 Å². The maximum Gasteiger partial charge on any atom is 0.358 e. The highest BCUT2D eigenvalue weighted by atomic mass is 32.1. The molecule has 1 saturated carbocycles. The van der Waals surface area contributed by atoms with Crippen LogP contribution in [-0.2, 0) is 34.3 Å². The van der Waals surface area contributed by atoms with Gasteiger partial charge >= 0.3 is 5.97 Å². The summed E-state index contributed by atoms with van der Waals surface area (Å²) in [6.07, 6.45) is 9.60. The van der Waals surface area contributed by atoms with Crippen LogP contribution in [-0.4, -0.2) is 98.3 Å². The summed E-state index contributed by atoms with van der Waals surface area (Å²) >= 11 is 1.45. The van der Waals surface area contributed by atoms with Crippen molar-refractivity contribution in [2.75, 3.05) is 41.3 Å². The van der Waals surface area contributed by atoms with Crippen molar-refractivity contribution in [1.82, 2.24) is 30.0 Å². The zero-order valence-electron chi connectivity index (χ0n) is 46.6. The lowest BCUT2D eigenvalue weighted by atomic mass is 9.84. The monoisotopic (exact) mass is 1080 g/mol. The summed E-state index contributed by atoms with van der Waals surface area (Å²) < 4.78 is 15.7. The van der Waals surface area contributed by atoms with Crippen molar-refractivity contribution in [2.24, 2.45) is 13.0 Å². The van der Waals surface area contributed by atoms with E-state index in [1.807, 2.05) is 99.2 Å². The smallest absolute Gasteiger partial charge is 0.358 e. The van der Waals surface area contributed by atoms with Crippen molar-refractivity contribution in [2.45, 2.75) is 142 Å². The Kier molecular flexibility index (Phi) is 15.3. The van der Waals surface area contributed by atoms with Crippen molar-refractivity contribution < 1.29 is 28.7 Å². The fraction of sp³-hybridized carbons (Fsp3) is 0.444. The molecule has 4 aromatic carbocycles. The van der Waals surface area contributed by atoms with Gasteiger partial charge in [-0.2, -0.15) is 5.10 Å². The van der Waals surface area contributed by atoms with Crippen LogP contribution in [0.15, 0.2) is 91.0 Å². The van der Waals surface area contributed by atoms with Gasteiger partial charge in [-0.1, -0.05) is 60.6 Å². The van der Waals surface area contributed by atoms with Crippen LogP contribution < -0.4 is 25.2 Å². The van der Waals surface area contributed by atoms with E-state index in [1.165, 1.54) is 36.3 Å². The van der Waals surface area contributed by atoms with E-state index in [9.17, 15) is 19.2 Å². The van der Waals surface area contributed by atoms with E-state index in [-0.39, 0.29) is 29.5 Å². The maximum atomic E-state index is 14.2. The summed E-state index contributed by atoms with van der Waals surface area (Å²) in [5.41, 5.74) is 8.45. The highest BCUT2D eigenvalue weighted by Crippen LogP contribution is 2.39. The summed E-state index contributed by atoms with van der Waals surface area (Å²) in [5, 5.41) is 11.8. The summed E-state index contributed by atoms with van der Waals surface area (Å²) in [7, 11) is 1.93. The van der Waals surface area contributed by atoms with E-state index >= 15 is 0 Å². The Morgan fingerprint density at radius 3 is 2.39 bits per heavy atom. The molecule has 4 aliphatic rings. The number of nitrogens with one attached hydrogen (secondary N) is 2. The Morgan fingerprint density at radius 1 is 0.835 bits per heavy atom. The lowest BCUT2D eigenvalue weighted by molar-refractivity contribution is -0.134. The normalized spacial score (nSPS) is 21.0. The van der Waals surface area contributed by atoms with Crippen molar-refractivity contribution in [3.05, 3.63) is 125 Å². The molecule has 412 valence electrons. The van der Waals surface area contributed by atoms with Gasteiger partial charge < -0.3 is 19.3 Å². The molecule has 7 aromatic rings. The SMILES string of the molecule is Cc1c(O[C@H]2CC[C@H](CCCCN3[C@H](C)CN(c4ccc5c(C6CCC(=O)NC6=O)nn(C)c5c4)C[C@@H]3C)CC2)cccc1-c1ccc(N2CCc3cccc(C(=O)Nc4nc5ccccc5s4)c3C2)nc1C(=O)OC(C)(C)C. The van der Waals surface area contributed by atoms with Gasteiger partial charge in [0.25, 0.3) is 5.91 Å². The first-order valence-corrected chi connectivity index (χ1v) is 29.2. The molecule has 3 fully saturated rings. The summed E-state index contributed by atoms with van der Waals surface area (Å²) in [6, 6.07) is 31.1. The number of hydrogen-bond acceptors (Lipinski definition) is 13. The molecule has 2 saturated heterocycles. The lowest BCUT2D eigenvalue weighted by Crippen LogP contribution is -2.57. The Bertz CT molecular complexity index is 3400. The van der Waals surface area contributed by atoms with Gasteiger partial charge in [0.2, 0.25) is 11.8 Å². The Morgan fingerprint density at radius 2 is 1.62 bits per heavy atom. The minimum atomic E-state index is -0.732. The van der Waals surface area contributed by atoms with Crippen LogP contribution in [0.2, 0.25) is 0 Å². The molecular weight excluding hydrogens is 1010 g/mol. The van der Waals surface area contributed by atoms with Gasteiger partial charge in [-0.25, -0.2) is 14.8 Å². The predicted molar refractivity (Wildman–Crippen MR) is 312 cm³/mol. The number of piperidine rings is 1. The summed E-state index contributed by atoms with van der Waals surface area (Å²) in [4.78, 5) is 69.5. The molecule has 2 N–H and O–H groups in total. The number of pyridine rings is 1. The topological polar surface area (TPSA) is 164 Å². The average Bonchev–Trinajstić information content (AvgIpc) is 4.16. The van der Waals surface area contributed by atoms with E-state index in [0.717, 1.165) is 107 Å². The molecule has 0 bridgehead atoms. The largest absolute Gasteiger partial charge is 0.490 e. The minimum Gasteiger partial charge on any atom is -0.490 e. The van der Waals surface area contributed by atoms with Gasteiger partial charge in [-0.05, 0) is 176 Å². The number of imide groups is 1. The number of anilines is 3. The third-order valence-electron chi connectivity index (χ3n) is 16.7. The average molecular weight is 1080 g/mol. The van der Waals surface area contributed by atoms with Gasteiger partial charge in [0.15, 0.2) is 10.8 Å². The third kappa shape index (κ3) is 11.6. The molecule has 1 aliphatic carbocycles. The van der Waals surface area contributed by atoms with Crippen molar-refractivity contribution in [3.8, 4) is 16.9 Å². The number of esters is 1. The fourth-order valence-electron chi connectivity index (χ4n) is 12.6. The van der Waals surface area contributed by atoms with Crippen LogP contribution in [0.3, 0.4) is 0 Å². The van der Waals surface area contributed by atoms with Gasteiger partial charge in [0.1, 0.15) is 17.2 Å². The number of ether oxygens (including phenoxy) is 2. The Balaban J connectivity index is 0.688. The lowest BCUT2D eigenvalue weighted by Gasteiger charge is -2.45. The van der Waals surface area contributed by atoms with E-state index in [1.54, 1.807) is 0 Å². The number of carbonyl (C=O) groups excluding carboxylic acids is 4. The first-order chi connectivity index (χ1) is 38.0. The Labute approximate surface area is 467 Å². The first kappa shape index (κ1) is 53.8. The minimum absolute atomic E-state index is 0.121. The number of unbranched alkanes of at least 4 members (excludes halogenated alkanes) is 1. The number of fused-ring (bicyclic) bond motifs is 3. The second kappa shape index (κ2) is 22.5. The summed E-state index contributed by atoms with van der Waals surface area (Å²) in [6.45, 7) is 16.5. The molecule has 0 spiro atoms. The maximum absolute atomic E-state index is 14.2. The van der Waals surface area contributed by atoms with E-state index in [2.05, 4.69) is 75.4 Å². The van der Waals surface area contributed by atoms with Gasteiger partial charge in [-0.3, -0.25) is 34.6 Å². The fourth-order valence-corrected chi connectivity index (χ4v) is 13.4. The van der Waals surface area contributed by atoms with Gasteiger partial charge in [-0.15, -0.1) is 0 Å². The molecule has 16 heteroatoms. The molecule has 3 aliphatic heterocycles.